The Hall–Kier alpha value is -0.890. The minimum absolute atomic E-state index is 0.551. The fourth-order valence-electron chi connectivity index (χ4n) is 1.69. The molecule has 1 heterocycles. The van der Waals surface area contributed by atoms with Crippen LogP contribution in [0.4, 0.5) is 0 Å². The van der Waals surface area contributed by atoms with Crippen LogP contribution in [0.25, 0.3) is 0 Å². The molecule has 1 aliphatic rings. The molecule has 2 heteroatoms. The van der Waals surface area contributed by atoms with Crippen molar-refractivity contribution in [1.82, 2.24) is 5.32 Å². The zero-order valence-electron chi connectivity index (χ0n) is 8.31. The SMILES string of the molecule is C[C@@H](Cc1ccccc1)C1NC=CS1. The minimum Gasteiger partial charge on any atom is -0.378 e. The zero-order chi connectivity index (χ0) is 9.80. The van der Waals surface area contributed by atoms with Crippen LogP contribution >= 0.6 is 11.8 Å². The van der Waals surface area contributed by atoms with Gasteiger partial charge in [-0.05, 0) is 23.3 Å². The van der Waals surface area contributed by atoms with Crippen LogP contribution < -0.4 is 5.32 Å². The van der Waals surface area contributed by atoms with E-state index in [9.17, 15) is 0 Å². The topological polar surface area (TPSA) is 12.0 Å². The molecular formula is C12H15NS. The first-order valence-corrected chi connectivity index (χ1v) is 5.91. The van der Waals surface area contributed by atoms with Gasteiger partial charge in [0.2, 0.25) is 0 Å². The molecule has 1 aromatic rings. The average molecular weight is 205 g/mol. The van der Waals surface area contributed by atoms with Gasteiger partial charge in [-0.25, -0.2) is 0 Å². The summed E-state index contributed by atoms with van der Waals surface area (Å²) in [6.07, 6.45) is 3.18. The Labute approximate surface area is 89.6 Å². The molecule has 0 spiro atoms. The van der Waals surface area contributed by atoms with Gasteiger partial charge in [-0.2, -0.15) is 0 Å². The third-order valence-corrected chi connectivity index (χ3v) is 3.66. The number of rotatable bonds is 3. The van der Waals surface area contributed by atoms with Crippen LogP contribution in [0.1, 0.15) is 12.5 Å². The van der Waals surface area contributed by atoms with E-state index in [0.29, 0.717) is 11.3 Å². The maximum Gasteiger partial charge on any atom is 0.0787 e. The van der Waals surface area contributed by atoms with Gasteiger partial charge in [-0.15, -0.1) is 11.8 Å². The maximum atomic E-state index is 3.36. The molecule has 0 radical (unpaired) electrons. The predicted octanol–water partition coefficient (Wildman–Crippen LogP) is 3.00. The highest BCUT2D eigenvalue weighted by molar-refractivity contribution is 8.02. The van der Waals surface area contributed by atoms with E-state index in [1.807, 2.05) is 18.0 Å². The van der Waals surface area contributed by atoms with Crippen LogP contribution in [0, 0.1) is 5.92 Å². The Morgan fingerprint density at radius 2 is 2.14 bits per heavy atom. The Morgan fingerprint density at radius 3 is 2.79 bits per heavy atom. The first kappa shape index (κ1) is 9.66. The molecule has 0 fully saturated rings. The Morgan fingerprint density at radius 1 is 1.36 bits per heavy atom. The molecule has 2 atom stereocenters. The summed E-state index contributed by atoms with van der Waals surface area (Å²) in [6.45, 7) is 2.30. The lowest BCUT2D eigenvalue weighted by Crippen LogP contribution is -2.25. The van der Waals surface area contributed by atoms with E-state index in [2.05, 4.69) is 48.0 Å². The standard InChI is InChI=1S/C12H15NS/c1-10(12-13-7-8-14-12)9-11-5-3-2-4-6-11/h2-8,10,12-13H,9H2,1H3/t10-,12?/m0/s1. The molecule has 0 aromatic heterocycles. The number of benzene rings is 1. The van der Waals surface area contributed by atoms with Crippen molar-refractivity contribution in [2.45, 2.75) is 18.7 Å². The third-order valence-electron chi connectivity index (χ3n) is 2.47. The van der Waals surface area contributed by atoms with Gasteiger partial charge in [0, 0.05) is 6.20 Å². The summed E-state index contributed by atoms with van der Waals surface area (Å²) >= 11 is 1.88. The molecule has 0 bridgehead atoms. The quantitative estimate of drug-likeness (QED) is 0.814. The fraction of sp³-hybridized carbons (Fsp3) is 0.333. The second-order valence-corrected chi connectivity index (χ2v) is 4.75. The lowest BCUT2D eigenvalue weighted by atomic mass is 10.0. The Balaban J connectivity index is 1.91. The van der Waals surface area contributed by atoms with Gasteiger partial charge in [0.25, 0.3) is 0 Å². The first-order chi connectivity index (χ1) is 6.86. The Kier molecular flexibility index (Phi) is 3.14. The van der Waals surface area contributed by atoms with E-state index in [0.717, 1.165) is 6.42 Å². The van der Waals surface area contributed by atoms with Crippen molar-refractivity contribution in [3.8, 4) is 0 Å². The molecule has 0 saturated carbocycles. The first-order valence-electron chi connectivity index (χ1n) is 4.97. The molecule has 1 nitrogen and oxygen atoms in total. The lowest BCUT2D eigenvalue weighted by molar-refractivity contribution is 0.523. The van der Waals surface area contributed by atoms with Gasteiger partial charge in [-0.1, -0.05) is 37.3 Å². The minimum atomic E-state index is 0.551. The van der Waals surface area contributed by atoms with E-state index in [1.54, 1.807) is 0 Å². The second-order valence-electron chi connectivity index (χ2n) is 3.69. The highest BCUT2D eigenvalue weighted by atomic mass is 32.2. The average Bonchev–Trinajstić information content (AvgIpc) is 2.72. The highest BCUT2D eigenvalue weighted by Gasteiger charge is 2.18. The predicted molar refractivity (Wildman–Crippen MR) is 63.0 cm³/mol. The number of thioether (sulfide) groups is 1. The van der Waals surface area contributed by atoms with Gasteiger partial charge in [0.1, 0.15) is 0 Å². The summed E-state index contributed by atoms with van der Waals surface area (Å²) in [5.41, 5.74) is 1.43. The maximum absolute atomic E-state index is 3.36. The smallest absolute Gasteiger partial charge is 0.0787 e. The van der Waals surface area contributed by atoms with Crippen LogP contribution in [-0.4, -0.2) is 5.37 Å². The summed E-state index contributed by atoms with van der Waals surface area (Å²) in [6, 6.07) is 10.7. The molecule has 74 valence electrons. The van der Waals surface area contributed by atoms with Crippen molar-refractivity contribution in [3.05, 3.63) is 47.5 Å². The molecule has 14 heavy (non-hydrogen) atoms. The molecular weight excluding hydrogens is 190 g/mol. The normalized spacial score (nSPS) is 21.9. The summed E-state index contributed by atoms with van der Waals surface area (Å²) in [4.78, 5) is 0. The van der Waals surface area contributed by atoms with Gasteiger partial charge in [0.05, 0.1) is 5.37 Å². The van der Waals surface area contributed by atoms with Crippen LogP contribution in [0.2, 0.25) is 0 Å². The lowest BCUT2D eigenvalue weighted by Gasteiger charge is -2.18. The van der Waals surface area contributed by atoms with Crippen molar-refractivity contribution < 1.29 is 0 Å². The zero-order valence-corrected chi connectivity index (χ0v) is 9.13. The molecule has 2 rings (SSSR count). The van der Waals surface area contributed by atoms with Crippen LogP contribution in [0.15, 0.2) is 41.9 Å². The summed E-state index contributed by atoms with van der Waals surface area (Å²) in [7, 11) is 0. The van der Waals surface area contributed by atoms with E-state index < -0.39 is 0 Å². The van der Waals surface area contributed by atoms with Crippen molar-refractivity contribution in [2.75, 3.05) is 0 Å². The van der Waals surface area contributed by atoms with Crippen LogP contribution in [-0.2, 0) is 6.42 Å². The molecule has 1 unspecified atom stereocenters. The van der Waals surface area contributed by atoms with Gasteiger partial charge in [-0.3, -0.25) is 0 Å². The van der Waals surface area contributed by atoms with E-state index >= 15 is 0 Å². The molecule has 1 aliphatic heterocycles. The fourth-order valence-corrected chi connectivity index (χ4v) is 2.54. The van der Waals surface area contributed by atoms with Gasteiger partial charge >= 0.3 is 0 Å². The van der Waals surface area contributed by atoms with Crippen molar-refractivity contribution in [1.29, 1.82) is 0 Å². The molecule has 1 aromatic carbocycles. The highest BCUT2D eigenvalue weighted by Crippen LogP contribution is 2.25. The van der Waals surface area contributed by atoms with Gasteiger partial charge in [0.15, 0.2) is 0 Å². The summed E-state index contributed by atoms with van der Waals surface area (Å²) in [5.74, 6) is 0.664. The third kappa shape index (κ3) is 2.32. The number of nitrogens with one attached hydrogen (secondary N) is 1. The monoisotopic (exact) mass is 205 g/mol. The van der Waals surface area contributed by atoms with Gasteiger partial charge < -0.3 is 5.32 Å². The van der Waals surface area contributed by atoms with E-state index in [1.165, 1.54) is 5.56 Å². The molecule has 0 amide bonds. The van der Waals surface area contributed by atoms with E-state index in [-0.39, 0.29) is 0 Å². The van der Waals surface area contributed by atoms with Crippen LogP contribution in [0.3, 0.4) is 0 Å². The van der Waals surface area contributed by atoms with E-state index in [4.69, 9.17) is 0 Å². The summed E-state index contributed by atoms with van der Waals surface area (Å²) < 4.78 is 0. The van der Waals surface area contributed by atoms with Crippen molar-refractivity contribution >= 4 is 11.8 Å². The molecule has 0 aliphatic carbocycles. The van der Waals surface area contributed by atoms with Crippen molar-refractivity contribution in [2.24, 2.45) is 5.92 Å². The molecule has 0 saturated heterocycles. The number of hydrogen-bond acceptors (Lipinski definition) is 2. The van der Waals surface area contributed by atoms with Crippen LogP contribution in [0.5, 0.6) is 0 Å². The number of hydrogen-bond donors (Lipinski definition) is 1. The Bertz CT molecular complexity index is 299. The summed E-state index contributed by atoms with van der Waals surface area (Å²) in [5, 5.41) is 6.04. The second kappa shape index (κ2) is 4.56. The van der Waals surface area contributed by atoms with Crippen molar-refractivity contribution in [3.63, 3.8) is 0 Å². The molecule has 1 N–H and O–H groups in total. The largest absolute Gasteiger partial charge is 0.378 e.